The van der Waals surface area contributed by atoms with Crippen molar-refractivity contribution in [2.45, 2.75) is 46.0 Å². The number of thioether (sulfide) groups is 1. The molecule has 0 aromatic rings. The molecule has 4 heteroatoms. The van der Waals surface area contributed by atoms with E-state index in [4.69, 9.17) is 0 Å². The predicted octanol–water partition coefficient (Wildman–Crippen LogP) is 2.43. The molecule has 1 aliphatic heterocycles. The molecule has 106 valence electrons. The summed E-state index contributed by atoms with van der Waals surface area (Å²) in [7, 11) is 0. The van der Waals surface area contributed by atoms with Crippen LogP contribution in [0.2, 0.25) is 0 Å². The minimum absolute atomic E-state index is 0.127. The highest BCUT2D eigenvalue weighted by atomic mass is 32.2. The SMILES string of the molecule is CCC(CC)(CO)CNC(=O)CC1CCSCC1. The molecule has 3 nitrogen and oxygen atoms in total. The van der Waals surface area contributed by atoms with Crippen molar-refractivity contribution in [3.8, 4) is 0 Å². The van der Waals surface area contributed by atoms with Gasteiger partial charge in [0.2, 0.25) is 5.91 Å². The van der Waals surface area contributed by atoms with Crippen molar-refractivity contribution in [2.24, 2.45) is 11.3 Å². The number of aliphatic hydroxyl groups is 1. The van der Waals surface area contributed by atoms with E-state index in [1.165, 1.54) is 24.3 Å². The average Bonchev–Trinajstić information content (AvgIpc) is 2.42. The summed E-state index contributed by atoms with van der Waals surface area (Å²) in [6, 6.07) is 0. The number of hydrogen-bond acceptors (Lipinski definition) is 3. The van der Waals surface area contributed by atoms with Crippen molar-refractivity contribution in [1.82, 2.24) is 5.32 Å². The van der Waals surface area contributed by atoms with Crippen molar-refractivity contribution in [3.05, 3.63) is 0 Å². The summed E-state index contributed by atoms with van der Waals surface area (Å²) in [4.78, 5) is 11.9. The number of amides is 1. The van der Waals surface area contributed by atoms with Crippen LogP contribution in [0.5, 0.6) is 0 Å². The minimum atomic E-state index is -0.127. The zero-order valence-electron chi connectivity index (χ0n) is 11.7. The summed E-state index contributed by atoms with van der Waals surface area (Å²) in [5.41, 5.74) is -0.127. The summed E-state index contributed by atoms with van der Waals surface area (Å²) >= 11 is 1.99. The van der Waals surface area contributed by atoms with Crippen molar-refractivity contribution in [2.75, 3.05) is 24.7 Å². The fraction of sp³-hybridized carbons (Fsp3) is 0.929. The van der Waals surface area contributed by atoms with Gasteiger partial charge in [-0.05, 0) is 43.1 Å². The van der Waals surface area contributed by atoms with Crippen LogP contribution >= 0.6 is 11.8 Å². The van der Waals surface area contributed by atoms with Crippen LogP contribution in [0.1, 0.15) is 46.0 Å². The number of nitrogens with one attached hydrogen (secondary N) is 1. The fourth-order valence-electron chi connectivity index (χ4n) is 2.35. The van der Waals surface area contributed by atoms with Crippen LogP contribution in [0, 0.1) is 11.3 Å². The normalized spacial score (nSPS) is 17.7. The lowest BCUT2D eigenvalue weighted by molar-refractivity contribution is -0.122. The van der Waals surface area contributed by atoms with Gasteiger partial charge in [-0.2, -0.15) is 11.8 Å². The predicted molar refractivity (Wildman–Crippen MR) is 77.8 cm³/mol. The van der Waals surface area contributed by atoms with Crippen molar-refractivity contribution in [3.63, 3.8) is 0 Å². The molecule has 1 rings (SSSR count). The Hall–Kier alpha value is -0.220. The van der Waals surface area contributed by atoms with Crippen molar-refractivity contribution >= 4 is 17.7 Å². The molecule has 0 aromatic carbocycles. The Kier molecular flexibility index (Phi) is 7.08. The molecule has 0 aliphatic carbocycles. The van der Waals surface area contributed by atoms with Gasteiger partial charge in [-0.15, -0.1) is 0 Å². The topological polar surface area (TPSA) is 49.3 Å². The van der Waals surface area contributed by atoms with E-state index in [0.29, 0.717) is 18.9 Å². The third-order valence-electron chi connectivity index (χ3n) is 4.31. The zero-order valence-corrected chi connectivity index (χ0v) is 12.5. The highest BCUT2D eigenvalue weighted by Gasteiger charge is 2.26. The third-order valence-corrected chi connectivity index (χ3v) is 5.36. The van der Waals surface area contributed by atoms with Gasteiger partial charge in [0.25, 0.3) is 0 Å². The Balaban J connectivity index is 2.30. The van der Waals surface area contributed by atoms with E-state index in [-0.39, 0.29) is 17.9 Å². The molecule has 0 unspecified atom stereocenters. The summed E-state index contributed by atoms with van der Waals surface area (Å²) in [5, 5.41) is 12.5. The van der Waals surface area contributed by atoms with Gasteiger partial charge in [0.1, 0.15) is 0 Å². The van der Waals surface area contributed by atoms with Crippen LogP contribution in [0.4, 0.5) is 0 Å². The van der Waals surface area contributed by atoms with Crippen LogP contribution in [0.3, 0.4) is 0 Å². The summed E-state index contributed by atoms with van der Waals surface area (Å²) in [5.74, 6) is 3.12. The van der Waals surface area contributed by atoms with E-state index >= 15 is 0 Å². The second-order valence-corrected chi connectivity index (χ2v) is 6.63. The smallest absolute Gasteiger partial charge is 0.220 e. The maximum Gasteiger partial charge on any atom is 0.220 e. The molecule has 2 N–H and O–H groups in total. The van der Waals surface area contributed by atoms with E-state index in [1.54, 1.807) is 0 Å². The van der Waals surface area contributed by atoms with Crippen LogP contribution in [0.15, 0.2) is 0 Å². The van der Waals surface area contributed by atoms with Crippen molar-refractivity contribution < 1.29 is 9.90 Å². The van der Waals surface area contributed by atoms with E-state index in [2.05, 4.69) is 19.2 Å². The van der Waals surface area contributed by atoms with Crippen LogP contribution in [0.25, 0.3) is 0 Å². The number of carbonyl (C=O) groups excluding carboxylic acids is 1. The van der Waals surface area contributed by atoms with Gasteiger partial charge < -0.3 is 10.4 Å². The average molecular weight is 273 g/mol. The molecule has 1 heterocycles. The first-order valence-electron chi connectivity index (χ1n) is 7.11. The molecular formula is C14H27NO2S. The molecule has 0 aromatic heterocycles. The van der Waals surface area contributed by atoms with E-state index in [9.17, 15) is 9.90 Å². The molecule has 1 aliphatic rings. The molecule has 0 saturated carbocycles. The van der Waals surface area contributed by atoms with Gasteiger partial charge in [-0.25, -0.2) is 0 Å². The summed E-state index contributed by atoms with van der Waals surface area (Å²) < 4.78 is 0. The number of hydrogen-bond donors (Lipinski definition) is 2. The van der Waals surface area contributed by atoms with E-state index in [0.717, 1.165) is 12.8 Å². The zero-order chi connectivity index (χ0) is 13.4. The fourth-order valence-corrected chi connectivity index (χ4v) is 3.55. The second-order valence-electron chi connectivity index (χ2n) is 5.40. The molecule has 1 fully saturated rings. The quantitative estimate of drug-likeness (QED) is 0.749. The van der Waals surface area contributed by atoms with Gasteiger partial charge in [-0.1, -0.05) is 13.8 Å². The molecular weight excluding hydrogens is 246 g/mol. The van der Waals surface area contributed by atoms with Crippen LogP contribution in [-0.4, -0.2) is 35.7 Å². The molecule has 0 bridgehead atoms. The molecule has 1 saturated heterocycles. The van der Waals surface area contributed by atoms with Gasteiger partial charge in [0.15, 0.2) is 0 Å². The van der Waals surface area contributed by atoms with Gasteiger partial charge in [0.05, 0.1) is 6.61 Å². The summed E-state index contributed by atoms with van der Waals surface area (Å²) in [6.07, 6.45) is 4.81. The molecule has 1 amide bonds. The Morgan fingerprint density at radius 1 is 1.33 bits per heavy atom. The van der Waals surface area contributed by atoms with Gasteiger partial charge in [0, 0.05) is 18.4 Å². The highest BCUT2D eigenvalue weighted by Crippen LogP contribution is 2.26. The Bertz CT molecular complexity index is 240. The first kappa shape index (κ1) is 15.8. The lowest BCUT2D eigenvalue weighted by Crippen LogP contribution is -2.40. The first-order chi connectivity index (χ1) is 8.65. The van der Waals surface area contributed by atoms with E-state index in [1.807, 2.05) is 11.8 Å². The van der Waals surface area contributed by atoms with Crippen LogP contribution < -0.4 is 5.32 Å². The second kappa shape index (κ2) is 8.05. The number of aliphatic hydroxyl groups excluding tert-OH is 1. The largest absolute Gasteiger partial charge is 0.396 e. The monoisotopic (exact) mass is 273 g/mol. The number of carbonyl (C=O) groups is 1. The maximum absolute atomic E-state index is 11.9. The van der Waals surface area contributed by atoms with Gasteiger partial charge >= 0.3 is 0 Å². The maximum atomic E-state index is 11.9. The Morgan fingerprint density at radius 3 is 2.44 bits per heavy atom. The minimum Gasteiger partial charge on any atom is -0.396 e. The standard InChI is InChI=1S/C14H27NO2S/c1-3-14(4-2,11-16)10-15-13(17)9-12-5-7-18-8-6-12/h12,16H,3-11H2,1-2H3,(H,15,17). The molecule has 0 atom stereocenters. The number of rotatable bonds is 7. The molecule has 0 spiro atoms. The molecule has 0 radical (unpaired) electrons. The lowest BCUT2D eigenvalue weighted by atomic mass is 9.83. The first-order valence-corrected chi connectivity index (χ1v) is 8.26. The van der Waals surface area contributed by atoms with Crippen LogP contribution in [-0.2, 0) is 4.79 Å². The third kappa shape index (κ3) is 4.81. The Morgan fingerprint density at radius 2 is 1.94 bits per heavy atom. The van der Waals surface area contributed by atoms with Crippen molar-refractivity contribution in [1.29, 1.82) is 0 Å². The Labute approximate surface area is 115 Å². The highest BCUT2D eigenvalue weighted by molar-refractivity contribution is 7.99. The lowest BCUT2D eigenvalue weighted by Gasteiger charge is -2.30. The van der Waals surface area contributed by atoms with E-state index < -0.39 is 0 Å². The van der Waals surface area contributed by atoms with Gasteiger partial charge in [-0.3, -0.25) is 4.79 Å². The summed E-state index contributed by atoms with van der Waals surface area (Å²) in [6.45, 7) is 4.91. The molecule has 18 heavy (non-hydrogen) atoms.